The molecule has 0 aliphatic rings. The molecule has 2 N–H and O–H groups in total. The fraction of sp³-hybridized carbons (Fsp3) is 0.182. The number of aliphatic carboxylic acids is 1. The monoisotopic (exact) mass is 283 g/mol. The number of thioether (sulfide) groups is 1. The maximum Gasteiger partial charge on any atom is 0.348 e. The molecule has 1 heterocycles. The van der Waals surface area contributed by atoms with Gasteiger partial charge in [-0.1, -0.05) is 17.8 Å². The Hall–Kier alpha value is -2.09. The van der Waals surface area contributed by atoms with E-state index < -0.39 is 17.5 Å². The van der Waals surface area contributed by atoms with E-state index in [-0.39, 0.29) is 10.9 Å². The van der Waals surface area contributed by atoms with Gasteiger partial charge in [0.1, 0.15) is 5.82 Å². The van der Waals surface area contributed by atoms with Crippen molar-refractivity contribution >= 4 is 17.7 Å². The molecule has 2 aromatic rings. The minimum absolute atomic E-state index is 0.182. The van der Waals surface area contributed by atoms with Crippen LogP contribution in [0.4, 0.5) is 4.39 Å². The number of carboxylic acids is 1. The number of carboxylic acid groups (broad SMARTS) is 1. The Balaban J connectivity index is 2.49. The van der Waals surface area contributed by atoms with Crippen LogP contribution < -0.4 is 5.69 Å². The lowest BCUT2D eigenvalue weighted by Crippen LogP contribution is -2.17. The second-order valence-corrected chi connectivity index (χ2v) is 4.66. The van der Waals surface area contributed by atoms with Crippen LogP contribution in [0.5, 0.6) is 0 Å². The summed E-state index contributed by atoms with van der Waals surface area (Å²) in [4.78, 5) is 22.3. The summed E-state index contributed by atoms with van der Waals surface area (Å²) in [6.07, 6.45) is 0. The second-order valence-electron chi connectivity index (χ2n) is 3.71. The first-order chi connectivity index (χ1) is 9.00. The molecule has 8 heteroatoms. The Morgan fingerprint density at radius 2 is 2.32 bits per heavy atom. The van der Waals surface area contributed by atoms with Gasteiger partial charge in [0.25, 0.3) is 0 Å². The maximum absolute atomic E-state index is 13.5. The summed E-state index contributed by atoms with van der Waals surface area (Å²) in [5.74, 6) is -1.71. The molecule has 2 rings (SSSR count). The molecule has 1 aromatic heterocycles. The highest BCUT2D eigenvalue weighted by molar-refractivity contribution is 7.99. The zero-order valence-corrected chi connectivity index (χ0v) is 10.7. The summed E-state index contributed by atoms with van der Waals surface area (Å²) in [6, 6.07) is 4.33. The summed E-state index contributed by atoms with van der Waals surface area (Å²) in [5.41, 5.74) is 0.0939. The fourth-order valence-corrected chi connectivity index (χ4v) is 2.23. The molecule has 0 atom stereocenters. The van der Waals surface area contributed by atoms with Crippen LogP contribution in [0.25, 0.3) is 5.69 Å². The number of halogens is 1. The van der Waals surface area contributed by atoms with E-state index in [0.29, 0.717) is 11.3 Å². The minimum Gasteiger partial charge on any atom is -0.481 e. The topological polar surface area (TPSA) is 88.0 Å². The number of aromatic amines is 1. The molecule has 0 aliphatic heterocycles. The molecule has 6 nitrogen and oxygen atoms in total. The van der Waals surface area contributed by atoms with Crippen LogP contribution in [0.1, 0.15) is 5.56 Å². The zero-order chi connectivity index (χ0) is 14.0. The second kappa shape index (κ2) is 5.27. The normalized spacial score (nSPS) is 10.6. The van der Waals surface area contributed by atoms with Crippen molar-refractivity contribution in [3.8, 4) is 5.69 Å². The van der Waals surface area contributed by atoms with Gasteiger partial charge in [-0.25, -0.2) is 18.9 Å². The lowest BCUT2D eigenvalue weighted by molar-refractivity contribution is -0.133. The predicted octanol–water partition coefficient (Wildman–Crippen LogP) is 1.18. The Kier molecular flexibility index (Phi) is 3.70. The Labute approximate surface area is 111 Å². The van der Waals surface area contributed by atoms with Crippen molar-refractivity contribution in [2.24, 2.45) is 0 Å². The van der Waals surface area contributed by atoms with Crippen molar-refractivity contribution in [1.82, 2.24) is 14.8 Å². The van der Waals surface area contributed by atoms with Crippen molar-refractivity contribution in [3.05, 3.63) is 40.1 Å². The largest absolute Gasteiger partial charge is 0.481 e. The van der Waals surface area contributed by atoms with Crippen molar-refractivity contribution in [2.45, 2.75) is 12.1 Å². The third-order valence-corrected chi connectivity index (χ3v) is 3.37. The number of nitrogens with zero attached hydrogens (tertiary/aromatic N) is 2. The number of benzene rings is 1. The average molecular weight is 283 g/mol. The van der Waals surface area contributed by atoms with Crippen molar-refractivity contribution in [3.63, 3.8) is 0 Å². The van der Waals surface area contributed by atoms with Gasteiger partial charge in [0.05, 0.1) is 11.4 Å². The molecular weight excluding hydrogens is 273 g/mol. The minimum atomic E-state index is -1.03. The number of rotatable bonds is 4. The van der Waals surface area contributed by atoms with Crippen molar-refractivity contribution in [1.29, 1.82) is 0 Å². The van der Waals surface area contributed by atoms with E-state index >= 15 is 0 Å². The van der Waals surface area contributed by atoms with Gasteiger partial charge in [-0.05, 0) is 19.1 Å². The van der Waals surface area contributed by atoms with E-state index in [1.54, 1.807) is 6.07 Å². The summed E-state index contributed by atoms with van der Waals surface area (Å²) in [7, 11) is 0. The van der Waals surface area contributed by atoms with Crippen LogP contribution in [0.15, 0.2) is 28.2 Å². The van der Waals surface area contributed by atoms with E-state index in [9.17, 15) is 14.0 Å². The highest BCUT2D eigenvalue weighted by Crippen LogP contribution is 2.21. The van der Waals surface area contributed by atoms with Gasteiger partial charge < -0.3 is 5.11 Å². The average Bonchev–Trinajstić information content (AvgIpc) is 2.72. The highest BCUT2D eigenvalue weighted by atomic mass is 32.2. The Morgan fingerprint density at radius 1 is 1.58 bits per heavy atom. The third-order valence-electron chi connectivity index (χ3n) is 2.45. The molecule has 0 fully saturated rings. The van der Waals surface area contributed by atoms with Gasteiger partial charge in [-0.15, -0.1) is 5.10 Å². The van der Waals surface area contributed by atoms with Gasteiger partial charge in [0.15, 0.2) is 5.16 Å². The number of hydrogen-bond acceptors (Lipinski definition) is 4. The lowest BCUT2D eigenvalue weighted by Gasteiger charge is -2.08. The number of nitrogens with one attached hydrogen (secondary N) is 1. The molecule has 0 radical (unpaired) electrons. The number of carbonyl (C=O) groups is 1. The molecule has 0 saturated carbocycles. The van der Waals surface area contributed by atoms with Crippen LogP contribution >= 0.6 is 11.8 Å². The van der Waals surface area contributed by atoms with E-state index in [0.717, 1.165) is 16.3 Å². The molecule has 0 amide bonds. The lowest BCUT2D eigenvalue weighted by atomic mass is 10.2. The third kappa shape index (κ3) is 2.68. The van der Waals surface area contributed by atoms with E-state index in [1.807, 2.05) is 0 Å². The van der Waals surface area contributed by atoms with E-state index in [1.165, 1.54) is 19.1 Å². The van der Waals surface area contributed by atoms with Crippen LogP contribution in [0, 0.1) is 12.7 Å². The molecule has 0 unspecified atom stereocenters. The van der Waals surface area contributed by atoms with Gasteiger partial charge in [-0.3, -0.25) is 4.79 Å². The SMILES string of the molecule is Cc1c(F)cccc1-n1c(SCC(=O)O)n[nH]c1=O. The fourth-order valence-electron chi connectivity index (χ4n) is 1.56. The Bertz CT molecular complexity index is 680. The predicted molar refractivity (Wildman–Crippen MR) is 67.2 cm³/mol. The molecule has 0 bridgehead atoms. The summed E-state index contributed by atoms with van der Waals surface area (Å²) < 4.78 is 14.7. The Morgan fingerprint density at radius 3 is 3.00 bits per heavy atom. The molecule has 0 spiro atoms. The van der Waals surface area contributed by atoms with Crippen molar-refractivity contribution in [2.75, 3.05) is 5.75 Å². The number of hydrogen-bond donors (Lipinski definition) is 2. The molecule has 1 aromatic carbocycles. The van der Waals surface area contributed by atoms with Crippen LogP contribution in [-0.2, 0) is 4.79 Å². The summed E-state index contributed by atoms with van der Waals surface area (Å²) >= 11 is 0.884. The number of aromatic nitrogens is 3. The van der Waals surface area contributed by atoms with Gasteiger partial charge in [0.2, 0.25) is 0 Å². The number of H-pyrrole nitrogens is 1. The van der Waals surface area contributed by atoms with Gasteiger partial charge in [-0.2, -0.15) is 0 Å². The smallest absolute Gasteiger partial charge is 0.348 e. The standard InChI is InChI=1S/C11H10FN3O3S/c1-6-7(12)3-2-4-8(6)15-10(18)13-14-11(15)19-5-9(16)17/h2-4H,5H2,1H3,(H,13,18)(H,16,17). The maximum atomic E-state index is 13.5. The quantitative estimate of drug-likeness (QED) is 0.823. The summed E-state index contributed by atoms with van der Waals surface area (Å²) in [6.45, 7) is 1.54. The van der Waals surface area contributed by atoms with Crippen molar-refractivity contribution < 1.29 is 14.3 Å². The van der Waals surface area contributed by atoms with Gasteiger partial charge >= 0.3 is 11.7 Å². The van der Waals surface area contributed by atoms with Gasteiger partial charge in [0, 0.05) is 5.56 Å². The van der Waals surface area contributed by atoms with Crippen LogP contribution in [0.2, 0.25) is 0 Å². The molecule has 0 aliphatic carbocycles. The van der Waals surface area contributed by atoms with Crippen LogP contribution in [-0.4, -0.2) is 31.6 Å². The first kappa shape index (κ1) is 13.3. The molecule has 19 heavy (non-hydrogen) atoms. The molecular formula is C11H10FN3O3S. The summed E-state index contributed by atoms with van der Waals surface area (Å²) in [5, 5.41) is 14.8. The van der Waals surface area contributed by atoms with Crippen LogP contribution in [0.3, 0.4) is 0 Å². The zero-order valence-electron chi connectivity index (χ0n) is 9.88. The molecule has 0 saturated heterocycles. The van der Waals surface area contributed by atoms with E-state index in [4.69, 9.17) is 5.11 Å². The highest BCUT2D eigenvalue weighted by Gasteiger charge is 2.15. The van der Waals surface area contributed by atoms with E-state index in [2.05, 4.69) is 10.2 Å². The molecule has 100 valence electrons. The first-order valence-electron chi connectivity index (χ1n) is 5.28. The first-order valence-corrected chi connectivity index (χ1v) is 6.26.